The van der Waals surface area contributed by atoms with Crippen molar-refractivity contribution in [3.05, 3.63) is 35.4 Å². The van der Waals surface area contributed by atoms with E-state index in [-0.39, 0.29) is 0 Å². The Hall–Kier alpha value is -1.80. The smallest absolute Gasteiger partial charge is 0.259 e. The van der Waals surface area contributed by atoms with Gasteiger partial charge in [0, 0.05) is 5.56 Å². The van der Waals surface area contributed by atoms with E-state index in [4.69, 9.17) is 5.53 Å². The predicted octanol–water partition coefficient (Wildman–Crippen LogP) is 2.50. The number of carbonyl (C=O) groups excluding carboxylic acids is 1. The quantitative estimate of drug-likeness (QED) is 0.565. The highest BCUT2D eigenvalue weighted by Crippen LogP contribution is 2.15. The van der Waals surface area contributed by atoms with E-state index < -0.39 is 5.91 Å². The topological polar surface area (TPSA) is 67.4 Å². The summed E-state index contributed by atoms with van der Waals surface area (Å²) in [5.74, 6) is -0.0989. The largest absolute Gasteiger partial charge is 0.360 e. The minimum absolute atomic E-state index is 0.371. The number of nitrogens with one attached hydrogen (secondary N) is 1. The van der Waals surface area contributed by atoms with Gasteiger partial charge in [-0.05, 0) is 23.6 Å². The Kier molecular flexibility index (Phi) is 3.26. The normalized spacial score (nSPS) is 9.64. The molecule has 0 bridgehead atoms. The van der Waals surface area contributed by atoms with Crippen molar-refractivity contribution < 1.29 is 4.79 Å². The van der Waals surface area contributed by atoms with Crippen LogP contribution in [0.3, 0.4) is 0 Å². The number of benzene rings is 1. The third-order valence-electron chi connectivity index (χ3n) is 1.94. The van der Waals surface area contributed by atoms with Gasteiger partial charge < -0.3 is 0 Å². The van der Waals surface area contributed by atoms with E-state index >= 15 is 0 Å². The Morgan fingerprint density at radius 1 is 1.50 bits per heavy atom. The van der Waals surface area contributed by atoms with Gasteiger partial charge in [0.25, 0.3) is 0 Å². The van der Waals surface area contributed by atoms with Gasteiger partial charge in [-0.1, -0.05) is 26.0 Å². The lowest BCUT2D eigenvalue weighted by Gasteiger charge is -2.04. The molecule has 0 aromatic heterocycles. The van der Waals surface area contributed by atoms with Crippen molar-refractivity contribution in [2.24, 2.45) is 5.11 Å². The monoisotopic (exact) mass is 190 g/mol. The van der Waals surface area contributed by atoms with Gasteiger partial charge >= 0.3 is 5.91 Å². The summed E-state index contributed by atoms with van der Waals surface area (Å²) in [6.45, 7) is 4.10. The van der Waals surface area contributed by atoms with E-state index in [2.05, 4.69) is 23.9 Å². The first-order valence-electron chi connectivity index (χ1n) is 4.37. The van der Waals surface area contributed by atoms with Crippen molar-refractivity contribution in [3.63, 3.8) is 0 Å². The second-order valence-electron chi connectivity index (χ2n) is 3.29. The number of nitrogens with zero attached hydrogens (tertiary/aromatic N) is 2. The highest BCUT2D eigenvalue weighted by molar-refractivity contribution is 5.94. The fraction of sp³-hybridized carbons (Fsp3) is 0.300. The van der Waals surface area contributed by atoms with E-state index in [1.54, 1.807) is 12.1 Å². The van der Waals surface area contributed by atoms with Crippen LogP contribution in [0, 0.1) is 5.53 Å². The molecule has 0 spiro atoms. The maximum Gasteiger partial charge on any atom is 0.360 e. The molecule has 0 aliphatic heterocycles. The summed E-state index contributed by atoms with van der Waals surface area (Å²) in [4.78, 5) is 14.0. The minimum atomic E-state index is -0.470. The second kappa shape index (κ2) is 4.44. The van der Waals surface area contributed by atoms with Crippen LogP contribution < -0.4 is 4.91 Å². The van der Waals surface area contributed by atoms with Crippen LogP contribution in [-0.4, -0.2) is 5.91 Å². The molecule has 0 fully saturated rings. The molecule has 0 atom stereocenters. The summed E-state index contributed by atoms with van der Waals surface area (Å²) < 4.78 is 0. The Bertz CT molecular complexity index is 392. The van der Waals surface area contributed by atoms with Gasteiger partial charge in [0.2, 0.25) is 10.0 Å². The molecule has 1 rings (SSSR count). The third-order valence-corrected chi connectivity index (χ3v) is 1.94. The minimum Gasteiger partial charge on any atom is -0.259 e. The zero-order valence-corrected chi connectivity index (χ0v) is 8.19. The maximum atomic E-state index is 11.2. The van der Waals surface area contributed by atoms with Gasteiger partial charge in [0.05, 0.1) is 0 Å². The molecule has 4 heteroatoms. The first-order chi connectivity index (χ1) is 6.65. The van der Waals surface area contributed by atoms with Crippen molar-refractivity contribution in [1.29, 1.82) is 5.53 Å². The molecule has 0 radical (unpaired) electrons. The molecular formula is C10H12N3O+. The molecule has 4 nitrogen and oxygen atoms in total. The molecule has 0 heterocycles. The summed E-state index contributed by atoms with van der Waals surface area (Å²) in [7, 11) is 0. The number of amides is 1. The molecule has 0 aliphatic rings. The lowest BCUT2D eigenvalue weighted by molar-refractivity contribution is 0.0992. The zero-order chi connectivity index (χ0) is 10.6. The van der Waals surface area contributed by atoms with E-state index in [0.29, 0.717) is 11.5 Å². The standard InChI is InChI=1S/C10H12N3O/c1-7(2)8-4-3-5-9(6-8)10(14)12-13-11/h3-7,11H,1-2H3/q+1. The highest BCUT2D eigenvalue weighted by Gasteiger charge is 2.10. The van der Waals surface area contributed by atoms with Crippen molar-refractivity contribution in [1.82, 2.24) is 4.91 Å². The summed E-state index contributed by atoms with van der Waals surface area (Å²) in [5, 5.41) is 3.15. The van der Waals surface area contributed by atoms with Crippen LogP contribution in [0.2, 0.25) is 0 Å². The fourth-order valence-electron chi connectivity index (χ4n) is 1.13. The van der Waals surface area contributed by atoms with Crippen LogP contribution >= 0.6 is 0 Å². The Balaban J connectivity index is 3.05. The van der Waals surface area contributed by atoms with Gasteiger partial charge in [-0.25, -0.2) is 0 Å². The zero-order valence-electron chi connectivity index (χ0n) is 8.19. The molecule has 1 N–H and O–H groups in total. The average molecular weight is 190 g/mol. The van der Waals surface area contributed by atoms with E-state index in [9.17, 15) is 4.79 Å². The van der Waals surface area contributed by atoms with Crippen LogP contribution in [0.15, 0.2) is 29.4 Å². The highest BCUT2D eigenvalue weighted by atomic mass is 16.1. The average Bonchev–Trinajstić information content (AvgIpc) is 2.18. The van der Waals surface area contributed by atoms with E-state index in [0.717, 1.165) is 5.56 Å². The van der Waals surface area contributed by atoms with Crippen molar-refractivity contribution in [2.75, 3.05) is 0 Å². The Morgan fingerprint density at radius 3 is 2.79 bits per heavy atom. The van der Waals surface area contributed by atoms with Gasteiger partial charge in [0.15, 0.2) is 0 Å². The summed E-state index contributed by atoms with van der Waals surface area (Å²) >= 11 is 0. The van der Waals surface area contributed by atoms with E-state index in [1.165, 1.54) is 0 Å². The third kappa shape index (κ3) is 2.34. The summed E-state index contributed by atoms with van der Waals surface area (Å²) in [5.41, 5.74) is 8.02. The van der Waals surface area contributed by atoms with Crippen molar-refractivity contribution >= 4 is 5.91 Å². The van der Waals surface area contributed by atoms with Gasteiger partial charge in [-0.2, -0.15) is 0 Å². The predicted molar refractivity (Wildman–Crippen MR) is 52.1 cm³/mol. The molecular weight excluding hydrogens is 178 g/mol. The molecule has 1 aromatic carbocycles. The van der Waals surface area contributed by atoms with Gasteiger partial charge in [-0.15, -0.1) is 0 Å². The number of hydrogen-bond donors (Lipinski definition) is 1. The van der Waals surface area contributed by atoms with Crippen LogP contribution in [-0.2, 0) is 0 Å². The number of carbonyl (C=O) groups is 1. The van der Waals surface area contributed by atoms with Crippen LogP contribution in [0.1, 0.15) is 35.7 Å². The maximum absolute atomic E-state index is 11.2. The van der Waals surface area contributed by atoms with Crippen LogP contribution in [0.25, 0.3) is 0 Å². The van der Waals surface area contributed by atoms with Crippen molar-refractivity contribution in [3.8, 4) is 0 Å². The number of hydrogen-bond acceptors (Lipinski definition) is 2. The van der Waals surface area contributed by atoms with Crippen molar-refractivity contribution in [2.45, 2.75) is 19.8 Å². The van der Waals surface area contributed by atoms with Crippen LogP contribution in [0.5, 0.6) is 0 Å². The molecule has 72 valence electrons. The lowest BCUT2D eigenvalue weighted by atomic mass is 10.0. The first-order valence-corrected chi connectivity index (χ1v) is 4.37. The molecule has 0 unspecified atom stereocenters. The van der Waals surface area contributed by atoms with Crippen LogP contribution in [0.4, 0.5) is 0 Å². The molecule has 0 saturated carbocycles. The second-order valence-corrected chi connectivity index (χ2v) is 3.29. The molecule has 1 amide bonds. The molecule has 1 aromatic rings. The van der Waals surface area contributed by atoms with E-state index in [1.807, 2.05) is 12.1 Å². The summed E-state index contributed by atoms with van der Waals surface area (Å²) in [6.07, 6.45) is 0. The first kappa shape index (κ1) is 10.3. The Morgan fingerprint density at radius 2 is 2.21 bits per heavy atom. The lowest BCUT2D eigenvalue weighted by Crippen LogP contribution is -1.97. The van der Waals surface area contributed by atoms with Gasteiger partial charge in [0.1, 0.15) is 5.53 Å². The SMILES string of the molecule is CC(C)c1cccc(C(=O)N=[N+]=N)c1. The van der Waals surface area contributed by atoms with Gasteiger partial charge in [-0.3, -0.25) is 4.79 Å². The molecule has 14 heavy (non-hydrogen) atoms. The molecule has 0 saturated heterocycles. The Labute approximate surface area is 82.2 Å². The fourth-order valence-corrected chi connectivity index (χ4v) is 1.13. The summed E-state index contributed by atoms with van der Waals surface area (Å²) in [6, 6.07) is 7.21. The molecule has 0 aliphatic carbocycles. The number of rotatable bonds is 2.